The van der Waals surface area contributed by atoms with E-state index in [9.17, 15) is 0 Å². The Labute approximate surface area is 89.8 Å². The van der Waals surface area contributed by atoms with Crippen molar-refractivity contribution in [3.8, 4) is 0 Å². The highest BCUT2D eigenvalue weighted by Gasteiger charge is 1.96. The zero-order valence-electron chi connectivity index (χ0n) is 8.95. The molecule has 0 saturated heterocycles. The molecule has 1 rings (SSSR count). The number of hydrogen-bond donors (Lipinski definition) is 0. The SMILES string of the molecule is C=C(C)/C=C\C(=C)c1csnn1.CC. The Morgan fingerprint density at radius 3 is 2.43 bits per heavy atom. The van der Waals surface area contributed by atoms with Crippen LogP contribution in [0.3, 0.4) is 0 Å². The molecule has 0 amide bonds. The highest BCUT2D eigenvalue weighted by atomic mass is 32.1. The first-order chi connectivity index (χ1) is 6.70. The average Bonchev–Trinajstić information content (AvgIpc) is 2.70. The van der Waals surface area contributed by atoms with Gasteiger partial charge in [-0.3, -0.25) is 0 Å². The van der Waals surface area contributed by atoms with Crippen LogP contribution < -0.4 is 0 Å². The number of nitrogens with zero attached hydrogens (tertiary/aromatic N) is 2. The molecule has 0 aliphatic carbocycles. The lowest BCUT2D eigenvalue weighted by atomic mass is 10.2. The molecule has 0 aliphatic rings. The summed E-state index contributed by atoms with van der Waals surface area (Å²) in [6, 6.07) is 0. The number of rotatable bonds is 3. The molecule has 3 heteroatoms. The van der Waals surface area contributed by atoms with Gasteiger partial charge in [0.15, 0.2) is 0 Å². The molecule has 1 heterocycles. The van der Waals surface area contributed by atoms with E-state index in [1.807, 2.05) is 38.3 Å². The summed E-state index contributed by atoms with van der Waals surface area (Å²) in [4.78, 5) is 0. The molecule has 0 fully saturated rings. The fourth-order valence-corrected chi connectivity index (χ4v) is 1.11. The van der Waals surface area contributed by atoms with Crippen molar-refractivity contribution in [1.29, 1.82) is 0 Å². The third kappa shape index (κ3) is 4.72. The Kier molecular flexibility index (Phi) is 6.58. The third-order valence-electron chi connectivity index (χ3n) is 1.26. The van der Waals surface area contributed by atoms with Crippen molar-refractivity contribution in [3.05, 3.63) is 42.0 Å². The summed E-state index contributed by atoms with van der Waals surface area (Å²) in [7, 11) is 0. The van der Waals surface area contributed by atoms with Gasteiger partial charge in [-0.25, -0.2) is 0 Å². The van der Waals surface area contributed by atoms with Crippen LogP contribution in [0.2, 0.25) is 0 Å². The quantitative estimate of drug-likeness (QED) is 0.708. The van der Waals surface area contributed by atoms with Crippen molar-refractivity contribution in [1.82, 2.24) is 9.59 Å². The van der Waals surface area contributed by atoms with Crippen LogP contribution in [0.5, 0.6) is 0 Å². The minimum absolute atomic E-state index is 0.831. The first-order valence-corrected chi connectivity index (χ1v) is 5.33. The van der Waals surface area contributed by atoms with Crippen LogP contribution in [-0.2, 0) is 0 Å². The summed E-state index contributed by atoms with van der Waals surface area (Å²) in [5.41, 5.74) is 2.70. The molecule has 0 N–H and O–H groups in total. The second-order valence-corrected chi connectivity index (χ2v) is 3.10. The van der Waals surface area contributed by atoms with Gasteiger partial charge >= 0.3 is 0 Å². The zero-order valence-corrected chi connectivity index (χ0v) is 9.77. The van der Waals surface area contributed by atoms with Gasteiger partial charge in [-0.2, -0.15) is 0 Å². The van der Waals surface area contributed by atoms with Gasteiger partial charge in [0.05, 0.1) is 0 Å². The van der Waals surface area contributed by atoms with Crippen molar-refractivity contribution in [2.75, 3.05) is 0 Å². The van der Waals surface area contributed by atoms with Crippen LogP contribution in [0.4, 0.5) is 0 Å². The van der Waals surface area contributed by atoms with E-state index in [0.29, 0.717) is 0 Å². The highest BCUT2D eigenvalue weighted by molar-refractivity contribution is 7.03. The molecule has 0 aliphatic heterocycles. The van der Waals surface area contributed by atoms with Crippen LogP contribution in [0, 0.1) is 0 Å². The lowest BCUT2D eigenvalue weighted by Crippen LogP contribution is -1.78. The topological polar surface area (TPSA) is 25.8 Å². The lowest BCUT2D eigenvalue weighted by Gasteiger charge is -1.91. The van der Waals surface area contributed by atoms with Crippen LogP contribution >= 0.6 is 11.5 Å². The smallest absolute Gasteiger partial charge is 0.105 e. The Hall–Kier alpha value is -1.22. The van der Waals surface area contributed by atoms with E-state index in [1.165, 1.54) is 11.5 Å². The van der Waals surface area contributed by atoms with E-state index in [2.05, 4.69) is 22.7 Å². The Bertz CT molecular complexity index is 310. The summed E-state index contributed by atoms with van der Waals surface area (Å²) in [6.45, 7) is 13.5. The fourth-order valence-electron chi connectivity index (χ4n) is 0.633. The predicted molar refractivity (Wildman–Crippen MR) is 64.2 cm³/mol. The van der Waals surface area contributed by atoms with Crippen LogP contribution in [0.1, 0.15) is 26.5 Å². The molecule has 14 heavy (non-hydrogen) atoms. The van der Waals surface area contributed by atoms with Gasteiger partial charge in [-0.15, -0.1) is 5.10 Å². The van der Waals surface area contributed by atoms with E-state index in [1.54, 1.807) is 0 Å². The van der Waals surface area contributed by atoms with E-state index in [-0.39, 0.29) is 0 Å². The van der Waals surface area contributed by atoms with Crippen molar-refractivity contribution in [2.45, 2.75) is 20.8 Å². The Morgan fingerprint density at radius 1 is 1.36 bits per heavy atom. The third-order valence-corrected chi connectivity index (χ3v) is 1.76. The number of hydrogen-bond acceptors (Lipinski definition) is 3. The van der Waals surface area contributed by atoms with Gasteiger partial charge in [-0.05, 0) is 24.0 Å². The molecule has 76 valence electrons. The minimum atomic E-state index is 0.831. The molecule has 0 unspecified atom stereocenters. The summed E-state index contributed by atoms with van der Waals surface area (Å²) in [6.07, 6.45) is 3.79. The maximum atomic E-state index is 3.88. The normalized spacial score (nSPS) is 9.36. The maximum absolute atomic E-state index is 3.88. The van der Waals surface area contributed by atoms with Gasteiger partial charge in [0, 0.05) is 5.38 Å². The molecule has 0 atom stereocenters. The molecule has 0 bridgehead atoms. The second kappa shape index (κ2) is 7.21. The Morgan fingerprint density at radius 2 is 2.00 bits per heavy atom. The van der Waals surface area contributed by atoms with Crippen molar-refractivity contribution >= 4 is 17.1 Å². The van der Waals surface area contributed by atoms with E-state index in [4.69, 9.17) is 0 Å². The largest absolute Gasteiger partial charge is 0.138 e. The predicted octanol–water partition coefficient (Wildman–Crippen LogP) is 3.71. The number of aromatic nitrogens is 2. The zero-order chi connectivity index (χ0) is 11.0. The van der Waals surface area contributed by atoms with Gasteiger partial charge in [0.2, 0.25) is 0 Å². The van der Waals surface area contributed by atoms with Crippen molar-refractivity contribution in [2.24, 2.45) is 0 Å². The summed E-state index contributed by atoms with van der Waals surface area (Å²) >= 11 is 1.32. The molecule has 2 nitrogen and oxygen atoms in total. The summed E-state index contributed by atoms with van der Waals surface area (Å²) in [5, 5.41) is 5.75. The van der Waals surface area contributed by atoms with Crippen molar-refractivity contribution < 1.29 is 0 Å². The maximum Gasteiger partial charge on any atom is 0.105 e. The van der Waals surface area contributed by atoms with Crippen LogP contribution in [0.25, 0.3) is 5.57 Å². The lowest BCUT2D eigenvalue weighted by molar-refractivity contribution is 1.13. The van der Waals surface area contributed by atoms with Gasteiger partial charge in [-0.1, -0.05) is 49.2 Å². The molecule has 0 radical (unpaired) electrons. The van der Waals surface area contributed by atoms with Crippen LogP contribution in [0.15, 0.2) is 36.3 Å². The van der Waals surface area contributed by atoms with Gasteiger partial charge < -0.3 is 0 Å². The highest BCUT2D eigenvalue weighted by Crippen LogP contribution is 2.11. The van der Waals surface area contributed by atoms with Gasteiger partial charge in [0.25, 0.3) is 0 Å². The summed E-state index contributed by atoms with van der Waals surface area (Å²) < 4.78 is 3.74. The molecule has 0 spiro atoms. The van der Waals surface area contributed by atoms with Crippen molar-refractivity contribution in [3.63, 3.8) is 0 Å². The minimum Gasteiger partial charge on any atom is -0.138 e. The monoisotopic (exact) mass is 208 g/mol. The summed E-state index contributed by atoms with van der Waals surface area (Å²) in [5.74, 6) is 0. The van der Waals surface area contributed by atoms with E-state index >= 15 is 0 Å². The molecule has 1 aromatic rings. The number of allylic oxidation sites excluding steroid dienone is 4. The average molecular weight is 208 g/mol. The first kappa shape index (κ1) is 12.8. The molecule has 0 saturated carbocycles. The van der Waals surface area contributed by atoms with E-state index in [0.717, 1.165) is 16.8 Å². The molecule has 1 aromatic heterocycles. The molecule has 0 aromatic carbocycles. The Balaban J connectivity index is 0.000000791. The fraction of sp³-hybridized carbons (Fsp3) is 0.273. The van der Waals surface area contributed by atoms with Crippen LogP contribution in [-0.4, -0.2) is 9.59 Å². The van der Waals surface area contributed by atoms with E-state index < -0.39 is 0 Å². The first-order valence-electron chi connectivity index (χ1n) is 4.50. The standard InChI is InChI=1S/C9H10N2S.C2H6/c1-7(2)4-5-8(3)9-6-12-11-10-9;1-2/h4-6H,1,3H2,2H3;1-2H3/b5-4-;. The molecular formula is C11H16N2S. The van der Waals surface area contributed by atoms with Gasteiger partial charge in [0.1, 0.15) is 5.69 Å². The molecular weight excluding hydrogens is 192 g/mol. The second-order valence-electron chi connectivity index (χ2n) is 2.50.